The van der Waals surface area contributed by atoms with Crippen LogP contribution in [0.4, 0.5) is 0 Å². The molecule has 114 valence electrons. The second-order valence-corrected chi connectivity index (χ2v) is 6.48. The smallest absolute Gasteiger partial charge is 0.341 e. The Morgan fingerprint density at radius 3 is 2.82 bits per heavy atom. The molecule has 1 heterocycles. The van der Waals surface area contributed by atoms with Crippen molar-refractivity contribution in [2.24, 2.45) is 0 Å². The molecular formula is C18H19NO3. The lowest BCUT2D eigenvalue weighted by atomic mass is 9.69. The number of carbonyl (C=O) groups is 1. The molecule has 4 nitrogen and oxygen atoms in total. The first-order chi connectivity index (χ1) is 10.6. The second kappa shape index (κ2) is 4.70. The second-order valence-electron chi connectivity index (χ2n) is 6.48. The molecule has 0 bridgehead atoms. The highest BCUT2D eigenvalue weighted by Crippen LogP contribution is 2.58. The van der Waals surface area contributed by atoms with Gasteiger partial charge in [0, 0.05) is 18.1 Å². The minimum atomic E-state index is -1.14. The third-order valence-electron chi connectivity index (χ3n) is 5.29. The van der Waals surface area contributed by atoms with Crippen molar-refractivity contribution in [3.8, 4) is 0 Å². The maximum atomic E-state index is 12.5. The lowest BCUT2D eigenvalue weighted by Crippen LogP contribution is -2.25. The average molecular weight is 297 g/mol. The number of carboxylic acid groups (broad SMARTS) is 1. The van der Waals surface area contributed by atoms with Crippen molar-refractivity contribution in [3.63, 3.8) is 0 Å². The van der Waals surface area contributed by atoms with Crippen LogP contribution in [0.2, 0.25) is 0 Å². The Hall–Kier alpha value is -2.10. The maximum absolute atomic E-state index is 12.5. The first kappa shape index (κ1) is 13.6. The highest BCUT2D eigenvalue weighted by Gasteiger charge is 2.42. The largest absolute Gasteiger partial charge is 0.477 e. The topological polar surface area (TPSA) is 59.3 Å². The predicted octanol–water partition coefficient (Wildman–Crippen LogP) is 3.47. The van der Waals surface area contributed by atoms with Crippen LogP contribution in [0.25, 0.3) is 10.9 Å². The van der Waals surface area contributed by atoms with Gasteiger partial charge in [0.25, 0.3) is 0 Å². The van der Waals surface area contributed by atoms with Crippen molar-refractivity contribution in [2.45, 2.75) is 51.0 Å². The number of hydrogen-bond acceptors (Lipinski definition) is 2. The molecule has 0 amide bonds. The van der Waals surface area contributed by atoms with Crippen LogP contribution in [0, 0.1) is 0 Å². The molecule has 0 spiro atoms. The van der Waals surface area contributed by atoms with Gasteiger partial charge in [-0.25, -0.2) is 4.79 Å². The molecule has 0 aliphatic heterocycles. The lowest BCUT2D eigenvalue weighted by Gasteiger charge is -2.36. The summed E-state index contributed by atoms with van der Waals surface area (Å²) in [6, 6.07) is 3.89. The average Bonchev–Trinajstić information content (AvgIpc) is 2.89. The number of aryl methyl sites for hydroxylation is 1. The third-order valence-corrected chi connectivity index (χ3v) is 5.29. The summed E-state index contributed by atoms with van der Waals surface area (Å²) in [4.78, 5) is 23.9. The molecule has 1 N–H and O–H groups in total. The Kier molecular flexibility index (Phi) is 2.90. The molecule has 4 heteroatoms. The fourth-order valence-corrected chi connectivity index (χ4v) is 4.40. The number of aromatic nitrogens is 1. The minimum Gasteiger partial charge on any atom is -0.477 e. The van der Waals surface area contributed by atoms with E-state index in [1.165, 1.54) is 30.4 Å². The van der Waals surface area contributed by atoms with E-state index in [9.17, 15) is 14.7 Å². The molecular weight excluding hydrogens is 278 g/mol. The van der Waals surface area contributed by atoms with E-state index in [0.29, 0.717) is 17.2 Å². The van der Waals surface area contributed by atoms with Gasteiger partial charge in [-0.1, -0.05) is 19.4 Å². The van der Waals surface area contributed by atoms with Gasteiger partial charge in [0.1, 0.15) is 5.56 Å². The number of fused-ring (bicyclic) bond motifs is 6. The molecule has 22 heavy (non-hydrogen) atoms. The van der Waals surface area contributed by atoms with E-state index in [1.807, 2.05) is 16.7 Å². The fourth-order valence-electron chi connectivity index (χ4n) is 4.40. The van der Waals surface area contributed by atoms with Gasteiger partial charge in [-0.15, -0.1) is 0 Å². The lowest BCUT2D eigenvalue weighted by molar-refractivity contribution is 0.0695. The fraction of sp³-hybridized carbons (Fsp3) is 0.444. The van der Waals surface area contributed by atoms with E-state index in [1.54, 1.807) is 6.20 Å². The molecule has 4 rings (SSSR count). The summed E-state index contributed by atoms with van der Waals surface area (Å²) < 4.78 is 1.99. The quantitative estimate of drug-likeness (QED) is 0.943. The molecule has 2 unspecified atom stereocenters. The van der Waals surface area contributed by atoms with Crippen LogP contribution in [0.1, 0.15) is 65.9 Å². The van der Waals surface area contributed by atoms with Crippen molar-refractivity contribution in [1.29, 1.82) is 0 Å². The Morgan fingerprint density at radius 2 is 2.09 bits per heavy atom. The van der Waals surface area contributed by atoms with Crippen LogP contribution in [-0.2, 0) is 6.54 Å². The van der Waals surface area contributed by atoms with Crippen LogP contribution in [0.15, 0.2) is 23.1 Å². The highest BCUT2D eigenvalue weighted by molar-refractivity contribution is 5.94. The summed E-state index contributed by atoms with van der Waals surface area (Å²) in [5, 5.41) is 9.86. The molecule has 1 aromatic carbocycles. The summed E-state index contributed by atoms with van der Waals surface area (Å²) in [7, 11) is 0. The summed E-state index contributed by atoms with van der Waals surface area (Å²) >= 11 is 0. The molecule has 2 atom stereocenters. The van der Waals surface area contributed by atoms with Crippen molar-refractivity contribution >= 4 is 16.9 Å². The number of aromatic carboxylic acids is 1. The van der Waals surface area contributed by atoms with Gasteiger partial charge in [-0.05, 0) is 48.3 Å². The van der Waals surface area contributed by atoms with Crippen LogP contribution in [0.3, 0.4) is 0 Å². The third kappa shape index (κ3) is 1.64. The van der Waals surface area contributed by atoms with E-state index in [0.717, 1.165) is 18.5 Å². The van der Waals surface area contributed by atoms with Crippen molar-refractivity contribution in [1.82, 2.24) is 4.57 Å². The molecule has 0 saturated heterocycles. The van der Waals surface area contributed by atoms with E-state index in [4.69, 9.17) is 0 Å². The Bertz CT molecular complexity index is 850. The summed E-state index contributed by atoms with van der Waals surface area (Å²) in [6.45, 7) is 2.81. The van der Waals surface area contributed by atoms with Gasteiger partial charge >= 0.3 is 5.97 Å². The molecule has 2 aliphatic carbocycles. The number of nitrogens with zero attached hydrogens (tertiary/aromatic N) is 1. The molecule has 2 aromatic rings. The highest BCUT2D eigenvalue weighted by atomic mass is 16.4. The number of benzene rings is 1. The molecule has 1 fully saturated rings. The maximum Gasteiger partial charge on any atom is 0.341 e. The minimum absolute atomic E-state index is 0.122. The zero-order valence-corrected chi connectivity index (χ0v) is 12.6. The Morgan fingerprint density at radius 1 is 1.32 bits per heavy atom. The van der Waals surface area contributed by atoms with Gasteiger partial charge in [-0.2, -0.15) is 0 Å². The van der Waals surface area contributed by atoms with E-state index in [2.05, 4.69) is 6.92 Å². The summed E-state index contributed by atoms with van der Waals surface area (Å²) in [5.74, 6) is 0.0822. The van der Waals surface area contributed by atoms with Gasteiger partial charge in [-0.3, -0.25) is 4.79 Å². The van der Waals surface area contributed by atoms with Crippen LogP contribution < -0.4 is 5.43 Å². The normalized spacial score (nSPS) is 22.2. The SMILES string of the molecule is CCCn1cc(C(=O)O)c(=O)c2ccc3c(c21)C1CCCC31. The number of pyridine rings is 1. The summed E-state index contributed by atoms with van der Waals surface area (Å²) in [6.07, 6.45) is 6.14. The zero-order chi connectivity index (χ0) is 15.4. The van der Waals surface area contributed by atoms with Crippen molar-refractivity contribution in [2.75, 3.05) is 0 Å². The van der Waals surface area contributed by atoms with Gasteiger partial charge in [0.2, 0.25) is 5.43 Å². The molecule has 2 aliphatic rings. The van der Waals surface area contributed by atoms with Crippen LogP contribution in [0.5, 0.6) is 0 Å². The first-order valence-electron chi connectivity index (χ1n) is 8.06. The van der Waals surface area contributed by atoms with Gasteiger partial charge < -0.3 is 9.67 Å². The van der Waals surface area contributed by atoms with E-state index >= 15 is 0 Å². The van der Waals surface area contributed by atoms with Gasteiger partial charge in [0.15, 0.2) is 0 Å². The van der Waals surface area contributed by atoms with Crippen molar-refractivity contribution < 1.29 is 9.90 Å². The monoisotopic (exact) mass is 297 g/mol. The van der Waals surface area contributed by atoms with E-state index in [-0.39, 0.29) is 11.0 Å². The first-order valence-corrected chi connectivity index (χ1v) is 8.06. The molecule has 1 saturated carbocycles. The van der Waals surface area contributed by atoms with Gasteiger partial charge in [0.05, 0.1) is 5.52 Å². The standard InChI is InChI=1S/C18H19NO3/c1-2-8-19-9-14(18(21)22)17(20)13-7-6-12-10-4-3-5-11(10)15(12)16(13)19/h6-7,9-11H,2-5,8H2,1H3,(H,21,22). The van der Waals surface area contributed by atoms with Crippen LogP contribution in [-0.4, -0.2) is 15.6 Å². The number of rotatable bonds is 3. The molecule has 0 radical (unpaired) electrons. The van der Waals surface area contributed by atoms with E-state index < -0.39 is 5.97 Å². The Labute approximate surface area is 128 Å². The summed E-state index contributed by atoms with van der Waals surface area (Å²) in [5.41, 5.74) is 3.20. The predicted molar refractivity (Wildman–Crippen MR) is 84.8 cm³/mol. The molecule has 1 aromatic heterocycles. The number of carboxylic acids is 1. The Balaban J connectivity index is 2.07. The van der Waals surface area contributed by atoms with Crippen LogP contribution >= 0.6 is 0 Å². The zero-order valence-electron chi connectivity index (χ0n) is 12.6. The van der Waals surface area contributed by atoms with Crippen molar-refractivity contribution in [3.05, 3.63) is 45.2 Å². The number of hydrogen-bond donors (Lipinski definition) is 1.